The van der Waals surface area contributed by atoms with Crippen molar-refractivity contribution in [1.29, 1.82) is 0 Å². The Morgan fingerprint density at radius 1 is 1.03 bits per heavy atom. The van der Waals surface area contributed by atoms with Gasteiger partial charge in [-0.25, -0.2) is 0 Å². The molecule has 5 heteroatoms. The van der Waals surface area contributed by atoms with Gasteiger partial charge in [0.25, 0.3) is 0 Å². The number of rotatable bonds is 8. The van der Waals surface area contributed by atoms with Crippen LogP contribution in [-0.2, 0) is 11.2 Å². The lowest BCUT2D eigenvalue weighted by molar-refractivity contribution is 0.0783. The maximum Gasteiger partial charge on any atom is 0.191 e. The second kappa shape index (κ2) is 11.3. The van der Waals surface area contributed by atoms with Crippen LogP contribution in [0, 0.1) is 0 Å². The molecule has 0 spiro atoms. The van der Waals surface area contributed by atoms with Crippen molar-refractivity contribution in [2.45, 2.75) is 29.9 Å². The molecule has 1 fully saturated rings. The monoisotopic (exact) mass is 411 g/mol. The largest absolute Gasteiger partial charge is 0.381 e. The minimum absolute atomic E-state index is 0.235. The van der Waals surface area contributed by atoms with Gasteiger partial charge in [-0.3, -0.25) is 4.99 Å². The molecule has 4 nitrogen and oxygen atoms in total. The van der Waals surface area contributed by atoms with Gasteiger partial charge in [0.05, 0.1) is 0 Å². The van der Waals surface area contributed by atoms with E-state index in [4.69, 9.17) is 4.74 Å². The van der Waals surface area contributed by atoms with Gasteiger partial charge in [0.15, 0.2) is 5.96 Å². The SMILES string of the molecule is CN=C(NCC(Cc1ccccc1)c1ccccc1)NCC1(SC)CCOCC1. The summed E-state index contributed by atoms with van der Waals surface area (Å²) < 4.78 is 5.79. The summed E-state index contributed by atoms with van der Waals surface area (Å²) in [6.45, 7) is 3.45. The molecule has 0 aliphatic carbocycles. The summed E-state index contributed by atoms with van der Waals surface area (Å²) in [6, 6.07) is 21.5. The molecule has 0 radical (unpaired) electrons. The molecule has 156 valence electrons. The predicted octanol–water partition coefficient (Wildman–Crippen LogP) is 4.09. The van der Waals surface area contributed by atoms with E-state index in [2.05, 4.69) is 82.5 Å². The standard InChI is InChI=1S/C24H33N3OS/c1-25-23(27-19-24(29-2)13-15-28-16-14-24)26-18-22(21-11-7-4-8-12-21)17-20-9-5-3-6-10-20/h3-12,22H,13-19H2,1-2H3,(H2,25,26,27). The Morgan fingerprint density at radius 2 is 1.69 bits per heavy atom. The van der Waals surface area contributed by atoms with Crippen molar-refractivity contribution in [3.63, 3.8) is 0 Å². The highest BCUT2D eigenvalue weighted by Gasteiger charge is 2.31. The zero-order chi connectivity index (χ0) is 20.4. The second-order valence-electron chi connectivity index (χ2n) is 7.60. The van der Waals surface area contributed by atoms with Gasteiger partial charge in [0, 0.05) is 44.0 Å². The van der Waals surface area contributed by atoms with Crippen LogP contribution in [-0.4, -0.2) is 50.3 Å². The molecular formula is C24H33N3OS. The van der Waals surface area contributed by atoms with E-state index in [-0.39, 0.29) is 4.75 Å². The minimum atomic E-state index is 0.235. The first kappa shape index (κ1) is 21.7. The lowest BCUT2D eigenvalue weighted by atomic mass is 9.92. The predicted molar refractivity (Wildman–Crippen MR) is 125 cm³/mol. The average Bonchev–Trinajstić information content (AvgIpc) is 2.80. The first-order valence-electron chi connectivity index (χ1n) is 10.4. The molecular weight excluding hydrogens is 378 g/mol. The van der Waals surface area contributed by atoms with Gasteiger partial charge in [-0.2, -0.15) is 11.8 Å². The number of hydrogen-bond acceptors (Lipinski definition) is 3. The highest BCUT2D eigenvalue weighted by Crippen LogP contribution is 2.33. The first-order valence-corrected chi connectivity index (χ1v) is 11.6. The molecule has 1 unspecified atom stereocenters. The van der Waals surface area contributed by atoms with Gasteiger partial charge in [-0.15, -0.1) is 0 Å². The zero-order valence-corrected chi connectivity index (χ0v) is 18.4. The lowest BCUT2D eigenvalue weighted by Gasteiger charge is -2.36. The molecule has 0 aromatic heterocycles. The minimum Gasteiger partial charge on any atom is -0.381 e. The molecule has 0 amide bonds. The first-order chi connectivity index (χ1) is 14.2. The molecule has 29 heavy (non-hydrogen) atoms. The summed E-state index contributed by atoms with van der Waals surface area (Å²) in [4.78, 5) is 4.46. The van der Waals surface area contributed by atoms with E-state index < -0.39 is 0 Å². The fourth-order valence-electron chi connectivity index (χ4n) is 3.81. The van der Waals surface area contributed by atoms with Crippen LogP contribution in [0.15, 0.2) is 65.7 Å². The van der Waals surface area contributed by atoms with E-state index in [9.17, 15) is 0 Å². The molecule has 1 aliphatic rings. The highest BCUT2D eigenvalue weighted by atomic mass is 32.2. The smallest absolute Gasteiger partial charge is 0.191 e. The Kier molecular flexibility index (Phi) is 8.44. The molecule has 1 heterocycles. The second-order valence-corrected chi connectivity index (χ2v) is 8.88. The highest BCUT2D eigenvalue weighted by molar-refractivity contribution is 8.00. The van der Waals surface area contributed by atoms with Crippen LogP contribution in [0.3, 0.4) is 0 Å². The Labute approximate surface area is 179 Å². The van der Waals surface area contributed by atoms with Crippen molar-refractivity contribution in [3.8, 4) is 0 Å². The van der Waals surface area contributed by atoms with Crippen molar-refractivity contribution >= 4 is 17.7 Å². The summed E-state index contributed by atoms with van der Waals surface area (Å²) in [7, 11) is 1.85. The van der Waals surface area contributed by atoms with E-state index in [1.54, 1.807) is 0 Å². The fraction of sp³-hybridized carbons (Fsp3) is 0.458. The van der Waals surface area contributed by atoms with Crippen LogP contribution >= 0.6 is 11.8 Å². The summed E-state index contributed by atoms with van der Waals surface area (Å²) in [5.41, 5.74) is 2.71. The Balaban J connectivity index is 1.61. The van der Waals surface area contributed by atoms with E-state index in [0.717, 1.165) is 51.5 Å². The summed E-state index contributed by atoms with van der Waals surface area (Å²) in [5.74, 6) is 1.26. The summed E-state index contributed by atoms with van der Waals surface area (Å²) in [6.07, 6.45) is 5.37. The van der Waals surface area contributed by atoms with E-state index >= 15 is 0 Å². The Bertz CT molecular complexity index is 745. The maximum absolute atomic E-state index is 5.56. The van der Waals surface area contributed by atoms with Crippen LogP contribution in [0.2, 0.25) is 0 Å². The molecule has 2 N–H and O–H groups in total. The topological polar surface area (TPSA) is 45.7 Å². The molecule has 2 aromatic rings. The van der Waals surface area contributed by atoms with Crippen molar-refractivity contribution in [2.75, 3.05) is 39.6 Å². The molecule has 1 aliphatic heterocycles. The van der Waals surface area contributed by atoms with Gasteiger partial charge in [-0.1, -0.05) is 60.7 Å². The van der Waals surface area contributed by atoms with Crippen molar-refractivity contribution in [3.05, 3.63) is 71.8 Å². The third-order valence-electron chi connectivity index (χ3n) is 5.75. The lowest BCUT2D eigenvalue weighted by Crippen LogP contribution is -2.48. The quantitative estimate of drug-likeness (QED) is 0.507. The molecule has 0 saturated carbocycles. The normalized spacial score (nSPS) is 17.5. The number of ether oxygens (including phenoxy) is 1. The maximum atomic E-state index is 5.56. The van der Waals surface area contributed by atoms with Crippen LogP contribution in [0.5, 0.6) is 0 Å². The number of guanidine groups is 1. The number of nitrogens with one attached hydrogen (secondary N) is 2. The third kappa shape index (κ3) is 6.51. The fourth-order valence-corrected chi connectivity index (χ4v) is 4.60. The van der Waals surface area contributed by atoms with Crippen LogP contribution in [0.25, 0.3) is 0 Å². The number of aliphatic imine (C=N–C) groups is 1. The van der Waals surface area contributed by atoms with E-state index in [1.807, 2.05) is 18.8 Å². The number of nitrogens with zero attached hydrogens (tertiary/aromatic N) is 1. The van der Waals surface area contributed by atoms with Gasteiger partial charge >= 0.3 is 0 Å². The molecule has 2 aromatic carbocycles. The number of benzene rings is 2. The molecule has 0 bridgehead atoms. The van der Waals surface area contributed by atoms with Gasteiger partial charge in [-0.05, 0) is 36.6 Å². The van der Waals surface area contributed by atoms with Crippen LogP contribution in [0.1, 0.15) is 29.9 Å². The van der Waals surface area contributed by atoms with Crippen molar-refractivity contribution < 1.29 is 4.74 Å². The summed E-state index contributed by atoms with van der Waals surface area (Å²) >= 11 is 1.94. The average molecular weight is 412 g/mol. The van der Waals surface area contributed by atoms with Crippen molar-refractivity contribution in [2.24, 2.45) is 4.99 Å². The molecule has 3 rings (SSSR count). The number of hydrogen-bond donors (Lipinski definition) is 2. The van der Waals surface area contributed by atoms with Crippen LogP contribution in [0.4, 0.5) is 0 Å². The van der Waals surface area contributed by atoms with E-state index in [0.29, 0.717) is 5.92 Å². The molecule has 1 saturated heterocycles. The third-order valence-corrected chi connectivity index (χ3v) is 7.17. The van der Waals surface area contributed by atoms with Gasteiger partial charge < -0.3 is 15.4 Å². The van der Waals surface area contributed by atoms with E-state index in [1.165, 1.54) is 11.1 Å². The Morgan fingerprint density at radius 3 is 2.31 bits per heavy atom. The Hall–Kier alpha value is -1.98. The number of thioether (sulfide) groups is 1. The van der Waals surface area contributed by atoms with Crippen LogP contribution < -0.4 is 10.6 Å². The summed E-state index contributed by atoms with van der Waals surface area (Å²) in [5, 5.41) is 7.13. The van der Waals surface area contributed by atoms with Gasteiger partial charge in [0.1, 0.15) is 0 Å². The molecule has 1 atom stereocenters. The van der Waals surface area contributed by atoms with Gasteiger partial charge in [0.2, 0.25) is 0 Å². The van der Waals surface area contributed by atoms with Crippen molar-refractivity contribution in [1.82, 2.24) is 10.6 Å². The zero-order valence-electron chi connectivity index (χ0n) is 17.6.